The number of nitrogens with one attached hydrogen (secondary N) is 5. The average molecular weight is 756 g/mol. The lowest BCUT2D eigenvalue weighted by Crippen LogP contribution is -2.25. The molecule has 2 heterocycles. The van der Waals surface area contributed by atoms with E-state index in [2.05, 4.69) is 36.7 Å². The number of aryl methyl sites for hydroxylation is 1. The molecule has 0 fully saturated rings. The molecule has 0 saturated carbocycles. The molecule has 1 aromatic heterocycles. The van der Waals surface area contributed by atoms with Crippen molar-refractivity contribution in [1.29, 1.82) is 0 Å². The number of hydrazine groups is 1. The third-order valence-corrected chi connectivity index (χ3v) is 10.0. The van der Waals surface area contributed by atoms with Gasteiger partial charge in [-0.05, 0) is 53.0 Å². The van der Waals surface area contributed by atoms with Crippen LogP contribution in [0, 0.1) is 6.92 Å². The van der Waals surface area contributed by atoms with Crippen LogP contribution in [0.4, 0.5) is 0 Å². The molecule has 13 nitrogen and oxygen atoms in total. The molecular weight excluding hydrogens is 683 g/mol. The van der Waals surface area contributed by atoms with Crippen LogP contribution in [0.1, 0.15) is 156 Å². The number of ketones is 3. The van der Waals surface area contributed by atoms with Gasteiger partial charge in [-0.2, -0.15) is 5.10 Å². The monoisotopic (exact) mass is 756 g/mol. The van der Waals surface area contributed by atoms with Crippen LogP contribution in [0.25, 0.3) is 0 Å². The fourth-order valence-electron chi connectivity index (χ4n) is 5.30. The summed E-state index contributed by atoms with van der Waals surface area (Å²) < 4.78 is 24.2. The van der Waals surface area contributed by atoms with E-state index in [4.69, 9.17) is 0 Å². The maximum absolute atomic E-state index is 12.1. The van der Waals surface area contributed by atoms with E-state index >= 15 is 0 Å². The lowest BCUT2D eigenvalue weighted by Gasteiger charge is -2.06. The zero-order valence-electron chi connectivity index (χ0n) is 32.8. The Bertz CT molecular complexity index is 1210. The maximum Gasteiger partial charge on any atom is 0.220 e. The summed E-state index contributed by atoms with van der Waals surface area (Å²) in [6.45, 7) is 7.39. The number of H-pyrrole nitrogens is 1. The maximum atomic E-state index is 12.1. The van der Waals surface area contributed by atoms with E-state index in [1.165, 1.54) is 76.8 Å². The first-order chi connectivity index (χ1) is 25.0. The molecule has 0 bridgehead atoms. The number of hydrogen-bond acceptors (Lipinski definition) is 11. The number of hydrogen-bond donors (Lipinski definition) is 5. The Morgan fingerprint density at radius 2 is 1.42 bits per heavy atom. The Kier molecular flexibility index (Phi) is 31.9. The van der Waals surface area contributed by atoms with E-state index in [1.807, 2.05) is 13.8 Å². The first-order valence-electron chi connectivity index (χ1n) is 19.6. The minimum absolute atomic E-state index is 0. The van der Waals surface area contributed by atoms with Gasteiger partial charge in [0.25, 0.3) is 0 Å². The van der Waals surface area contributed by atoms with E-state index in [9.17, 15) is 27.6 Å². The Labute approximate surface area is 315 Å². The molecule has 1 aliphatic heterocycles. The van der Waals surface area contributed by atoms with Gasteiger partial charge in [0.2, 0.25) is 5.91 Å². The summed E-state index contributed by atoms with van der Waals surface area (Å²) in [6, 6.07) is 0. The van der Waals surface area contributed by atoms with Crippen molar-refractivity contribution in [1.82, 2.24) is 31.6 Å². The Hall–Kier alpha value is -2.97. The number of aromatic amines is 1. The number of carbonyl (C=O) groups is 4. The molecule has 2 rings (SSSR count). The zero-order valence-corrected chi connectivity index (χ0v) is 33.6. The van der Waals surface area contributed by atoms with E-state index in [-0.39, 0.29) is 49.0 Å². The van der Waals surface area contributed by atoms with Crippen LogP contribution in [-0.2, 0) is 29.0 Å². The number of Topliss-reactive ketones (excluding diaryl/α,β-unsaturated/α-hetero) is 3. The van der Waals surface area contributed by atoms with Crippen LogP contribution in [0.2, 0.25) is 0 Å². The minimum atomic E-state index is -3.41. The van der Waals surface area contributed by atoms with Crippen molar-refractivity contribution in [2.24, 2.45) is 5.10 Å². The number of amides is 1. The molecule has 0 unspecified atom stereocenters. The molecule has 0 spiro atoms. The number of likely N-dealkylation sites (N-methyl/N-ethyl adjacent to an activating group) is 1. The predicted octanol–water partition coefficient (Wildman–Crippen LogP) is 6.09. The first-order valence-corrected chi connectivity index (χ1v) is 21.4. The van der Waals surface area contributed by atoms with Crippen molar-refractivity contribution in [2.45, 2.75) is 156 Å². The van der Waals surface area contributed by atoms with E-state index in [0.717, 1.165) is 50.8 Å². The number of sulfone groups is 1. The summed E-state index contributed by atoms with van der Waals surface area (Å²) in [5, 5.41) is 9.70. The fraction of sp³-hybridized carbons (Fsp3) is 0.789. The molecular formula is C38H73N7O6S. The van der Waals surface area contributed by atoms with Crippen LogP contribution < -0.4 is 21.6 Å². The Morgan fingerprint density at radius 3 is 1.90 bits per heavy atom. The van der Waals surface area contributed by atoms with Crippen molar-refractivity contribution in [3.63, 3.8) is 0 Å². The lowest BCUT2D eigenvalue weighted by molar-refractivity contribution is -0.122. The third kappa shape index (κ3) is 34.1. The van der Waals surface area contributed by atoms with E-state index in [1.54, 1.807) is 19.6 Å². The highest BCUT2D eigenvalue weighted by Crippen LogP contribution is 2.14. The normalized spacial score (nSPS) is 12.1. The van der Waals surface area contributed by atoms with Crippen LogP contribution in [0.5, 0.6) is 0 Å². The quantitative estimate of drug-likeness (QED) is 0.0574. The van der Waals surface area contributed by atoms with Gasteiger partial charge in [0, 0.05) is 45.5 Å². The van der Waals surface area contributed by atoms with Gasteiger partial charge in [0.1, 0.15) is 23.1 Å². The molecule has 0 radical (unpaired) electrons. The van der Waals surface area contributed by atoms with Crippen LogP contribution in [0.15, 0.2) is 17.6 Å². The van der Waals surface area contributed by atoms with Crippen molar-refractivity contribution in [3.05, 3.63) is 18.2 Å². The lowest BCUT2D eigenvalue weighted by atomic mass is 10.0. The number of carbonyl (C=O) groups excluding carboxylic acids is 4. The van der Waals surface area contributed by atoms with Crippen molar-refractivity contribution < 1.29 is 29.0 Å². The summed E-state index contributed by atoms with van der Waals surface area (Å²) in [7, 11) is -1.70. The second kappa shape index (κ2) is 33.8. The summed E-state index contributed by atoms with van der Waals surface area (Å²) in [5.74, 6) is -0.607. The summed E-state index contributed by atoms with van der Waals surface area (Å²) >= 11 is 0. The van der Waals surface area contributed by atoms with Gasteiger partial charge in [-0.3, -0.25) is 14.4 Å². The molecule has 1 aliphatic rings. The largest absolute Gasteiger partial charge is 0.356 e. The summed E-state index contributed by atoms with van der Waals surface area (Å²) in [6.07, 6.45) is 23.8. The summed E-state index contributed by atoms with van der Waals surface area (Å²) in [4.78, 5) is 51.4. The van der Waals surface area contributed by atoms with Crippen LogP contribution >= 0.6 is 0 Å². The second-order valence-corrected chi connectivity index (χ2v) is 15.9. The molecule has 1 aromatic rings. The highest BCUT2D eigenvalue weighted by atomic mass is 32.2. The van der Waals surface area contributed by atoms with Gasteiger partial charge in [0.15, 0.2) is 9.84 Å². The molecule has 0 saturated heterocycles. The molecule has 0 aliphatic carbocycles. The molecule has 0 atom stereocenters. The number of imidazole rings is 1. The third-order valence-electron chi connectivity index (χ3n) is 8.36. The number of aromatic nitrogens is 2. The van der Waals surface area contributed by atoms with Gasteiger partial charge in [-0.15, -0.1) is 0 Å². The number of nitrogens with zero attached hydrogens (tertiary/aromatic N) is 2. The number of hydrazone groups is 1. The number of unbranched alkanes of at least 4 members (excludes halogenated alkanes) is 13. The zero-order chi connectivity index (χ0) is 38.7. The minimum Gasteiger partial charge on any atom is -0.356 e. The standard InChI is InChI=1S/C27H52N4O4S.C7H13NO2.C4H6N2.H2/c1-2-3-21-28-27(33)20-17-22-36(34,35)24-26(32)19-16-14-12-10-8-6-4-5-7-9-11-13-15-18-25-23-29-31-30-25;1-6(9)3-4-7(10)5-8-2;1-4-2-5-3-6-4;/h29,31H,2-24H2,1H3,(H,28,33);8H,3-5H2,1-2H3;2-3H,1H3,(H,5,6);1H. The van der Waals surface area contributed by atoms with Gasteiger partial charge in [0.05, 0.1) is 30.9 Å². The Morgan fingerprint density at radius 1 is 0.808 bits per heavy atom. The SMILES string of the molecule is CCCCNC(=O)CCCS(=O)(=O)CC(=O)CCCCCCCCCCCCCCCC1=NNNC1.CNCC(=O)CCC(C)=O.Cc1cnc[nH]1.[HH]. The topological polar surface area (TPSA) is 192 Å². The molecule has 14 heteroatoms. The van der Waals surface area contributed by atoms with Gasteiger partial charge in [-0.25, -0.2) is 24.4 Å². The summed E-state index contributed by atoms with van der Waals surface area (Å²) in [5.41, 5.74) is 8.14. The molecule has 5 N–H and O–H groups in total. The first kappa shape index (κ1) is 49.0. The van der Waals surface area contributed by atoms with Gasteiger partial charge in [-0.1, -0.05) is 84.0 Å². The molecule has 302 valence electrons. The van der Waals surface area contributed by atoms with Gasteiger partial charge >= 0.3 is 0 Å². The van der Waals surface area contributed by atoms with Crippen LogP contribution in [0.3, 0.4) is 0 Å². The highest BCUT2D eigenvalue weighted by Gasteiger charge is 2.17. The predicted molar refractivity (Wildman–Crippen MR) is 213 cm³/mol. The van der Waals surface area contributed by atoms with Gasteiger partial charge < -0.3 is 20.4 Å². The molecule has 0 aromatic carbocycles. The molecule has 52 heavy (non-hydrogen) atoms. The Balaban J connectivity index is 0. The van der Waals surface area contributed by atoms with E-state index < -0.39 is 9.84 Å². The fourth-order valence-corrected chi connectivity index (χ4v) is 6.66. The van der Waals surface area contributed by atoms with Crippen LogP contribution in [-0.4, -0.2) is 85.5 Å². The molecule has 1 amide bonds. The van der Waals surface area contributed by atoms with Crippen molar-refractivity contribution in [2.75, 3.05) is 38.2 Å². The average Bonchev–Trinajstić information content (AvgIpc) is 3.80. The smallest absolute Gasteiger partial charge is 0.220 e. The number of rotatable bonds is 30. The van der Waals surface area contributed by atoms with Crippen molar-refractivity contribution >= 4 is 38.8 Å². The van der Waals surface area contributed by atoms with E-state index in [0.29, 0.717) is 32.4 Å². The highest BCUT2D eigenvalue weighted by molar-refractivity contribution is 7.92. The van der Waals surface area contributed by atoms with Crippen molar-refractivity contribution in [3.8, 4) is 0 Å². The second-order valence-electron chi connectivity index (χ2n) is 13.7.